The van der Waals surface area contributed by atoms with Crippen molar-refractivity contribution in [3.63, 3.8) is 0 Å². The molecule has 0 bridgehead atoms. The number of hydrogen-bond donors (Lipinski definition) is 2. The molecule has 0 aliphatic rings. The highest BCUT2D eigenvalue weighted by molar-refractivity contribution is 4.62. The van der Waals surface area contributed by atoms with Crippen LogP contribution < -0.4 is 10.6 Å². The Hall–Kier alpha value is -0.330. The molecule has 0 heterocycles. The summed E-state index contributed by atoms with van der Waals surface area (Å²) in [7, 11) is 0. The van der Waals surface area contributed by atoms with Crippen LogP contribution in [0.5, 0.6) is 0 Å². The van der Waals surface area contributed by atoms with E-state index in [0.717, 1.165) is 13.1 Å². The van der Waals surface area contributed by atoms with Gasteiger partial charge in [-0.25, -0.2) is 0 Å². The van der Waals surface area contributed by atoms with Crippen LogP contribution in [-0.2, 0) is 4.74 Å². The molecule has 0 rings (SSSR count). The standard InChI is InChI=1S/C9H19F3N2O/c1-3-13-6-8(2)14-4-5-15-7-9(10,11)12/h8,13-14H,3-7H2,1-2H3. The molecular weight excluding hydrogens is 209 g/mol. The lowest BCUT2D eigenvalue weighted by atomic mass is 10.3. The molecular formula is C9H19F3N2O. The molecule has 15 heavy (non-hydrogen) atoms. The molecule has 0 aromatic rings. The van der Waals surface area contributed by atoms with Crippen LogP contribution in [0.3, 0.4) is 0 Å². The van der Waals surface area contributed by atoms with Gasteiger partial charge < -0.3 is 15.4 Å². The molecule has 1 atom stereocenters. The Morgan fingerprint density at radius 3 is 2.53 bits per heavy atom. The minimum atomic E-state index is -4.23. The van der Waals surface area contributed by atoms with Crippen molar-refractivity contribution in [3.05, 3.63) is 0 Å². The van der Waals surface area contributed by atoms with E-state index in [9.17, 15) is 13.2 Å². The number of ether oxygens (including phenoxy) is 1. The fraction of sp³-hybridized carbons (Fsp3) is 1.00. The van der Waals surface area contributed by atoms with E-state index in [4.69, 9.17) is 0 Å². The topological polar surface area (TPSA) is 33.3 Å². The van der Waals surface area contributed by atoms with Gasteiger partial charge in [-0.05, 0) is 13.5 Å². The zero-order valence-electron chi connectivity index (χ0n) is 9.16. The maximum atomic E-state index is 11.7. The molecule has 6 heteroatoms. The quantitative estimate of drug-likeness (QED) is 0.611. The molecule has 3 nitrogen and oxygen atoms in total. The Balaban J connectivity index is 3.23. The van der Waals surface area contributed by atoms with Crippen molar-refractivity contribution < 1.29 is 17.9 Å². The number of halogens is 3. The van der Waals surface area contributed by atoms with Gasteiger partial charge in [0.25, 0.3) is 0 Å². The lowest BCUT2D eigenvalue weighted by Crippen LogP contribution is -2.38. The Morgan fingerprint density at radius 1 is 1.33 bits per heavy atom. The predicted octanol–water partition coefficient (Wildman–Crippen LogP) is 1.15. The third-order valence-electron chi connectivity index (χ3n) is 1.71. The number of likely N-dealkylation sites (N-methyl/N-ethyl adjacent to an activating group) is 1. The smallest absolute Gasteiger partial charge is 0.371 e. The predicted molar refractivity (Wildman–Crippen MR) is 52.9 cm³/mol. The first-order chi connectivity index (χ1) is 6.95. The van der Waals surface area contributed by atoms with E-state index in [0.29, 0.717) is 6.54 Å². The number of hydrogen-bond acceptors (Lipinski definition) is 3. The summed E-state index contributed by atoms with van der Waals surface area (Å²) in [5, 5.41) is 6.18. The van der Waals surface area contributed by atoms with Crippen molar-refractivity contribution in [1.29, 1.82) is 0 Å². The van der Waals surface area contributed by atoms with E-state index in [1.54, 1.807) is 0 Å². The molecule has 0 aromatic heterocycles. The van der Waals surface area contributed by atoms with Gasteiger partial charge >= 0.3 is 6.18 Å². The molecule has 0 saturated carbocycles. The molecule has 2 N–H and O–H groups in total. The summed E-state index contributed by atoms with van der Waals surface area (Å²) < 4.78 is 39.4. The molecule has 0 fully saturated rings. The maximum Gasteiger partial charge on any atom is 0.411 e. The molecule has 0 spiro atoms. The first-order valence-electron chi connectivity index (χ1n) is 5.04. The molecule has 0 amide bonds. The second-order valence-electron chi connectivity index (χ2n) is 3.33. The lowest BCUT2D eigenvalue weighted by Gasteiger charge is -2.14. The van der Waals surface area contributed by atoms with Crippen molar-refractivity contribution in [2.75, 3.05) is 32.8 Å². The van der Waals surface area contributed by atoms with Gasteiger partial charge in [0.15, 0.2) is 0 Å². The zero-order chi connectivity index (χ0) is 11.7. The monoisotopic (exact) mass is 228 g/mol. The summed E-state index contributed by atoms with van der Waals surface area (Å²) in [6.45, 7) is 4.99. The Kier molecular flexibility index (Phi) is 7.72. The Morgan fingerprint density at radius 2 is 2.00 bits per heavy atom. The minimum Gasteiger partial charge on any atom is -0.371 e. The van der Waals surface area contributed by atoms with Gasteiger partial charge in [-0.1, -0.05) is 6.92 Å². The average Bonchev–Trinajstić information content (AvgIpc) is 2.12. The first kappa shape index (κ1) is 14.7. The third kappa shape index (κ3) is 11.6. The van der Waals surface area contributed by atoms with Crippen molar-refractivity contribution in [2.24, 2.45) is 0 Å². The molecule has 92 valence electrons. The highest BCUT2D eigenvalue weighted by Crippen LogP contribution is 2.13. The SMILES string of the molecule is CCNCC(C)NCCOCC(F)(F)F. The van der Waals surface area contributed by atoms with Crippen LogP contribution in [0.4, 0.5) is 13.2 Å². The van der Waals surface area contributed by atoms with Crippen LogP contribution in [0.2, 0.25) is 0 Å². The minimum absolute atomic E-state index is 0.0793. The van der Waals surface area contributed by atoms with E-state index in [1.807, 2.05) is 13.8 Å². The molecule has 0 aromatic carbocycles. The highest BCUT2D eigenvalue weighted by Gasteiger charge is 2.27. The Bertz CT molecular complexity index is 153. The maximum absolute atomic E-state index is 11.7. The van der Waals surface area contributed by atoms with Gasteiger partial charge in [-0.3, -0.25) is 0 Å². The van der Waals surface area contributed by atoms with Gasteiger partial charge in [-0.2, -0.15) is 13.2 Å². The van der Waals surface area contributed by atoms with Crippen LogP contribution in [0.1, 0.15) is 13.8 Å². The van der Waals surface area contributed by atoms with E-state index in [1.165, 1.54) is 0 Å². The van der Waals surface area contributed by atoms with E-state index in [2.05, 4.69) is 15.4 Å². The van der Waals surface area contributed by atoms with Gasteiger partial charge in [0, 0.05) is 19.1 Å². The van der Waals surface area contributed by atoms with Crippen LogP contribution in [0.25, 0.3) is 0 Å². The number of rotatable bonds is 8. The molecule has 0 aliphatic carbocycles. The second kappa shape index (κ2) is 7.90. The van der Waals surface area contributed by atoms with Crippen molar-refractivity contribution in [2.45, 2.75) is 26.1 Å². The normalized spacial score (nSPS) is 14.2. The third-order valence-corrected chi connectivity index (χ3v) is 1.71. The van der Waals surface area contributed by atoms with Crippen LogP contribution in [0.15, 0.2) is 0 Å². The summed E-state index contributed by atoms with van der Waals surface area (Å²) in [4.78, 5) is 0. The molecule has 0 radical (unpaired) electrons. The van der Waals surface area contributed by atoms with Crippen LogP contribution in [-0.4, -0.2) is 45.1 Å². The summed E-state index contributed by atoms with van der Waals surface area (Å²) in [6.07, 6.45) is -4.23. The molecule has 0 aliphatic heterocycles. The van der Waals surface area contributed by atoms with Gasteiger partial charge in [0.1, 0.15) is 6.61 Å². The van der Waals surface area contributed by atoms with Crippen LogP contribution in [0, 0.1) is 0 Å². The van der Waals surface area contributed by atoms with Crippen molar-refractivity contribution >= 4 is 0 Å². The largest absolute Gasteiger partial charge is 0.411 e. The second-order valence-corrected chi connectivity index (χ2v) is 3.33. The lowest BCUT2D eigenvalue weighted by molar-refractivity contribution is -0.173. The number of alkyl halides is 3. The summed E-state index contributed by atoms with van der Waals surface area (Å²) in [5.41, 5.74) is 0. The van der Waals surface area contributed by atoms with Gasteiger partial charge in [0.2, 0.25) is 0 Å². The van der Waals surface area contributed by atoms with Crippen molar-refractivity contribution in [1.82, 2.24) is 10.6 Å². The summed E-state index contributed by atoms with van der Waals surface area (Å²) in [5.74, 6) is 0. The fourth-order valence-electron chi connectivity index (χ4n) is 0.998. The number of nitrogens with one attached hydrogen (secondary N) is 2. The van der Waals surface area contributed by atoms with Crippen molar-refractivity contribution in [3.8, 4) is 0 Å². The Labute approximate surface area is 88.4 Å². The first-order valence-corrected chi connectivity index (χ1v) is 5.04. The summed E-state index contributed by atoms with van der Waals surface area (Å²) in [6, 6.07) is 0.236. The van der Waals surface area contributed by atoms with E-state index < -0.39 is 12.8 Å². The molecule has 1 unspecified atom stereocenters. The fourth-order valence-corrected chi connectivity index (χ4v) is 0.998. The highest BCUT2D eigenvalue weighted by atomic mass is 19.4. The van der Waals surface area contributed by atoms with Gasteiger partial charge in [0.05, 0.1) is 6.61 Å². The van der Waals surface area contributed by atoms with E-state index in [-0.39, 0.29) is 12.6 Å². The van der Waals surface area contributed by atoms with E-state index >= 15 is 0 Å². The average molecular weight is 228 g/mol. The molecule has 0 saturated heterocycles. The zero-order valence-corrected chi connectivity index (χ0v) is 9.16. The summed E-state index contributed by atoms with van der Waals surface area (Å²) >= 11 is 0. The van der Waals surface area contributed by atoms with Gasteiger partial charge in [-0.15, -0.1) is 0 Å². The van der Waals surface area contributed by atoms with Crippen LogP contribution >= 0.6 is 0 Å².